The molecule has 1 heterocycles. The lowest BCUT2D eigenvalue weighted by atomic mass is 10.8. The van der Waals surface area contributed by atoms with Crippen molar-refractivity contribution in [2.24, 2.45) is 0 Å². The molecule has 0 aliphatic heterocycles. The van der Waals surface area contributed by atoms with Crippen LogP contribution in [0.15, 0.2) is 18.5 Å². The molecule has 46 valence electrons. The molecule has 1 N–H and O–H groups in total. The van der Waals surface area contributed by atoms with Gasteiger partial charge in [0.2, 0.25) is 0 Å². The molecule has 3 nitrogen and oxygen atoms in total. The lowest BCUT2D eigenvalue weighted by Gasteiger charge is -1.49. The van der Waals surface area contributed by atoms with Gasteiger partial charge in [-0.25, -0.2) is 0 Å². The molecule has 0 amide bonds. The van der Waals surface area contributed by atoms with E-state index in [1.165, 1.54) is 5.15 Å². The van der Waals surface area contributed by atoms with Gasteiger partial charge in [-0.3, -0.25) is 5.10 Å². The van der Waals surface area contributed by atoms with E-state index in [1.54, 1.807) is 12.4 Å². The number of nitrogens with one attached hydrogen (secondary N) is 1. The van der Waals surface area contributed by atoms with Crippen molar-refractivity contribution >= 4 is 0 Å². The fourth-order valence-electron chi connectivity index (χ4n) is 0.215. The summed E-state index contributed by atoms with van der Waals surface area (Å²) in [4.78, 5) is 0. The number of hydrogen-bond donors (Lipinski definition) is 1. The summed E-state index contributed by atoms with van der Waals surface area (Å²) in [6.45, 7) is 0. The van der Waals surface area contributed by atoms with Crippen LogP contribution in [0.25, 0.3) is 0 Å². The fraction of sp³-hybridized carbons (Fsp3) is 0. The summed E-state index contributed by atoms with van der Waals surface area (Å²) in [5, 5.41) is 7.46. The summed E-state index contributed by atoms with van der Waals surface area (Å²) in [5.74, 6) is 0. The molecule has 0 aromatic carbocycles. The quantitative estimate of drug-likeness (QED) is 0.561. The first-order chi connectivity index (χ1) is 3.91. The predicted octanol–water partition coefficient (Wildman–Crippen LogP) is 1.18. The average Bonchev–Trinajstić information content (AvgIpc) is 2.17. The first-order valence-electron chi connectivity index (χ1n) is 1.75. The summed E-state index contributed by atoms with van der Waals surface area (Å²) in [7, 11) is 0. The number of rotatable bonds is 0. The molecular formula is C3H4F2N2O. The van der Waals surface area contributed by atoms with Gasteiger partial charge < -0.3 is 0 Å². The van der Waals surface area contributed by atoms with Gasteiger partial charge in [-0.2, -0.15) is 5.10 Å². The van der Waals surface area contributed by atoms with Crippen molar-refractivity contribution in [3.8, 4) is 0 Å². The molecule has 0 unspecified atom stereocenters. The third-order valence-electron chi connectivity index (χ3n) is 0.406. The molecule has 1 aromatic rings. The molecule has 1 rings (SSSR count). The second kappa shape index (κ2) is 6.03. The standard InChI is InChI=1S/C3H4N2.F2O/c1-2-4-5-3-1;1-3-2/h1-3H,(H,4,5);. The van der Waals surface area contributed by atoms with Crippen LogP contribution >= 0.6 is 0 Å². The van der Waals surface area contributed by atoms with Crippen molar-refractivity contribution in [3.63, 3.8) is 0 Å². The van der Waals surface area contributed by atoms with Crippen LogP contribution in [0.1, 0.15) is 0 Å². The molecule has 0 radical (unpaired) electrons. The normalized spacial score (nSPS) is 7.25. The van der Waals surface area contributed by atoms with Crippen LogP contribution in [0, 0.1) is 0 Å². The van der Waals surface area contributed by atoms with E-state index < -0.39 is 0 Å². The third kappa shape index (κ3) is 5.03. The minimum Gasteiger partial charge on any atom is -0.286 e. The topological polar surface area (TPSA) is 37.9 Å². The molecule has 0 saturated carbocycles. The van der Waals surface area contributed by atoms with Gasteiger partial charge in [-0.05, 0) is 15.1 Å². The Balaban J connectivity index is 0.000000145. The molecule has 0 spiro atoms. The predicted molar refractivity (Wildman–Crippen MR) is 21.9 cm³/mol. The second-order valence-electron chi connectivity index (χ2n) is 0.825. The summed E-state index contributed by atoms with van der Waals surface area (Å²) in [6, 6.07) is 1.83. The zero-order chi connectivity index (χ0) is 6.24. The average molecular weight is 122 g/mol. The second-order valence-corrected chi connectivity index (χ2v) is 0.825. The Labute approximate surface area is 44.1 Å². The van der Waals surface area contributed by atoms with E-state index >= 15 is 0 Å². The van der Waals surface area contributed by atoms with Crippen LogP contribution in [0.3, 0.4) is 0 Å². The Kier molecular flexibility index (Phi) is 5.30. The lowest BCUT2D eigenvalue weighted by Crippen LogP contribution is -1.53. The van der Waals surface area contributed by atoms with Crippen molar-refractivity contribution in [2.45, 2.75) is 0 Å². The maximum atomic E-state index is 9.12. The van der Waals surface area contributed by atoms with E-state index in [1.807, 2.05) is 6.07 Å². The molecule has 1 aromatic heterocycles. The summed E-state index contributed by atoms with van der Waals surface area (Å²) >= 11 is 0. The van der Waals surface area contributed by atoms with E-state index in [0.29, 0.717) is 0 Å². The third-order valence-corrected chi connectivity index (χ3v) is 0.406. The van der Waals surface area contributed by atoms with Crippen LogP contribution < -0.4 is 0 Å². The number of hydrogen-bond acceptors (Lipinski definition) is 2. The zero-order valence-corrected chi connectivity index (χ0v) is 3.84. The monoisotopic (exact) mass is 122 g/mol. The summed E-state index contributed by atoms with van der Waals surface area (Å²) in [6.07, 6.45) is 3.46. The molecule has 5 heteroatoms. The molecule has 0 bridgehead atoms. The highest BCUT2D eigenvalue weighted by atomic mass is 19.6. The van der Waals surface area contributed by atoms with Crippen molar-refractivity contribution in [2.75, 3.05) is 0 Å². The number of aromatic amines is 1. The molecule has 0 aliphatic rings. The summed E-state index contributed by atoms with van der Waals surface area (Å²) in [5.41, 5.74) is 0. The zero-order valence-electron chi connectivity index (χ0n) is 3.84. The highest BCUT2D eigenvalue weighted by Crippen LogP contribution is 1.64. The van der Waals surface area contributed by atoms with Gasteiger partial charge in [0.1, 0.15) is 0 Å². The minimum absolute atomic E-state index is 1.25. The van der Waals surface area contributed by atoms with E-state index in [9.17, 15) is 0 Å². The van der Waals surface area contributed by atoms with Crippen LogP contribution in [0.2, 0.25) is 0 Å². The fourth-order valence-corrected chi connectivity index (χ4v) is 0.215. The minimum atomic E-state index is 1.25. The number of H-pyrrole nitrogens is 1. The van der Waals surface area contributed by atoms with Gasteiger partial charge in [0.05, 0.1) is 0 Å². The van der Waals surface area contributed by atoms with Gasteiger partial charge in [0.25, 0.3) is 0 Å². The Morgan fingerprint density at radius 1 is 1.50 bits per heavy atom. The van der Waals surface area contributed by atoms with Crippen molar-refractivity contribution < 1.29 is 14.2 Å². The first-order valence-corrected chi connectivity index (χ1v) is 1.75. The molecule has 0 saturated heterocycles. The van der Waals surface area contributed by atoms with E-state index in [0.717, 1.165) is 0 Å². The van der Waals surface area contributed by atoms with Gasteiger partial charge in [-0.1, -0.05) is 0 Å². The smallest absolute Gasteiger partial charge is 0.0487 e. The van der Waals surface area contributed by atoms with E-state index in [4.69, 9.17) is 9.05 Å². The van der Waals surface area contributed by atoms with Gasteiger partial charge in [0.15, 0.2) is 0 Å². The first kappa shape index (κ1) is 7.03. The van der Waals surface area contributed by atoms with Gasteiger partial charge >= 0.3 is 0 Å². The molecule has 0 atom stereocenters. The molecule has 8 heavy (non-hydrogen) atoms. The Hall–Kier alpha value is -0.970. The van der Waals surface area contributed by atoms with Crippen molar-refractivity contribution in [1.82, 2.24) is 10.2 Å². The van der Waals surface area contributed by atoms with Gasteiger partial charge in [0, 0.05) is 17.5 Å². The Morgan fingerprint density at radius 3 is 2.25 bits per heavy atom. The van der Waals surface area contributed by atoms with Gasteiger partial charge in [-0.15, -0.1) is 0 Å². The number of halogens is 2. The molecule has 0 fully saturated rings. The highest BCUT2D eigenvalue weighted by molar-refractivity contribution is 4.72. The highest BCUT2D eigenvalue weighted by Gasteiger charge is 1.56. The molecule has 0 aliphatic carbocycles. The van der Waals surface area contributed by atoms with Crippen molar-refractivity contribution in [3.05, 3.63) is 18.5 Å². The SMILES string of the molecule is FOF.c1cn[nH]c1. The maximum Gasteiger partial charge on any atom is 0.0487 e. The summed E-state index contributed by atoms with van der Waals surface area (Å²) < 4.78 is 18.2. The number of aromatic nitrogens is 2. The largest absolute Gasteiger partial charge is 0.286 e. The molecular weight excluding hydrogens is 118 g/mol. The Bertz CT molecular complexity index is 82.2. The number of nitrogens with zero attached hydrogens (tertiary/aromatic N) is 1. The van der Waals surface area contributed by atoms with Crippen LogP contribution in [-0.4, -0.2) is 10.2 Å². The van der Waals surface area contributed by atoms with Crippen LogP contribution in [0.4, 0.5) is 9.05 Å². The van der Waals surface area contributed by atoms with E-state index in [2.05, 4.69) is 10.2 Å². The lowest BCUT2D eigenvalue weighted by molar-refractivity contribution is -0.317. The maximum absolute atomic E-state index is 9.12. The van der Waals surface area contributed by atoms with Crippen LogP contribution in [0.5, 0.6) is 0 Å². The van der Waals surface area contributed by atoms with Crippen molar-refractivity contribution in [1.29, 1.82) is 0 Å². The van der Waals surface area contributed by atoms with Crippen LogP contribution in [-0.2, 0) is 5.15 Å². The Morgan fingerprint density at radius 2 is 2.12 bits per heavy atom. The van der Waals surface area contributed by atoms with E-state index in [-0.39, 0.29) is 0 Å².